The van der Waals surface area contributed by atoms with Gasteiger partial charge in [0.15, 0.2) is 0 Å². The third kappa shape index (κ3) is 5.70. The summed E-state index contributed by atoms with van der Waals surface area (Å²) in [6.45, 7) is 6.86. The van der Waals surface area contributed by atoms with Crippen LogP contribution in [0.1, 0.15) is 20.8 Å². The third-order valence-electron chi connectivity index (χ3n) is 5.60. The molecule has 0 aliphatic carbocycles. The first-order valence-corrected chi connectivity index (χ1v) is 12.1. The Kier molecular flexibility index (Phi) is 7.93. The standard InChI is InChI=1S/C24H27ClN4O3S/c1-17-19-21(26-24(25)27-22(19)33-20(17)23(30)32-16-15-31-2)29-13-11-28(12-14-29)10-6-9-18-7-4-3-5-8-18/h3-9H,10-16H2,1-2H3/b9-6+. The van der Waals surface area contributed by atoms with Crippen LogP contribution >= 0.6 is 22.9 Å². The average Bonchev–Trinajstić information content (AvgIpc) is 3.16. The number of carbonyl (C=O) groups is 1. The van der Waals surface area contributed by atoms with Crippen LogP contribution in [-0.4, -0.2) is 73.9 Å². The summed E-state index contributed by atoms with van der Waals surface area (Å²) in [4.78, 5) is 27.3. The Hall–Kier alpha value is -2.52. The first-order chi connectivity index (χ1) is 16.1. The Bertz CT molecular complexity index is 1130. The average molecular weight is 487 g/mol. The van der Waals surface area contributed by atoms with Gasteiger partial charge in [0.25, 0.3) is 0 Å². The van der Waals surface area contributed by atoms with E-state index in [0.29, 0.717) is 16.3 Å². The zero-order chi connectivity index (χ0) is 23.2. The number of thiophene rings is 1. The molecule has 1 aliphatic rings. The number of aromatic nitrogens is 2. The zero-order valence-corrected chi connectivity index (χ0v) is 20.4. The van der Waals surface area contributed by atoms with Gasteiger partial charge < -0.3 is 14.4 Å². The molecular weight excluding hydrogens is 460 g/mol. The maximum absolute atomic E-state index is 12.6. The van der Waals surface area contributed by atoms with Crippen LogP contribution in [0.2, 0.25) is 5.28 Å². The summed E-state index contributed by atoms with van der Waals surface area (Å²) in [7, 11) is 1.57. The van der Waals surface area contributed by atoms with Crippen LogP contribution < -0.4 is 4.90 Å². The number of carbonyl (C=O) groups excluding carboxylic acids is 1. The molecule has 3 heterocycles. The summed E-state index contributed by atoms with van der Waals surface area (Å²) in [6.07, 6.45) is 4.36. The molecule has 1 aliphatic heterocycles. The largest absolute Gasteiger partial charge is 0.459 e. The normalized spacial score (nSPS) is 14.9. The topological polar surface area (TPSA) is 67.8 Å². The Morgan fingerprint density at radius 2 is 1.91 bits per heavy atom. The van der Waals surface area contributed by atoms with Gasteiger partial charge in [0.05, 0.1) is 12.0 Å². The van der Waals surface area contributed by atoms with Gasteiger partial charge in [-0.3, -0.25) is 4.90 Å². The van der Waals surface area contributed by atoms with Gasteiger partial charge in [0, 0.05) is 39.8 Å². The van der Waals surface area contributed by atoms with E-state index in [1.807, 2.05) is 25.1 Å². The zero-order valence-electron chi connectivity index (χ0n) is 18.8. The van der Waals surface area contributed by atoms with Gasteiger partial charge in [-0.25, -0.2) is 9.78 Å². The monoisotopic (exact) mass is 486 g/mol. The molecule has 33 heavy (non-hydrogen) atoms. The fourth-order valence-electron chi connectivity index (χ4n) is 3.84. The van der Waals surface area contributed by atoms with Crippen molar-refractivity contribution in [2.24, 2.45) is 0 Å². The van der Waals surface area contributed by atoms with Crippen molar-refractivity contribution >= 4 is 51.0 Å². The number of rotatable bonds is 8. The van der Waals surface area contributed by atoms with Crippen molar-refractivity contribution in [3.63, 3.8) is 0 Å². The number of hydrogen-bond acceptors (Lipinski definition) is 8. The molecule has 174 valence electrons. The summed E-state index contributed by atoms with van der Waals surface area (Å²) in [5.74, 6) is 0.416. The van der Waals surface area contributed by atoms with E-state index in [1.165, 1.54) is 16.9 Å². The van der Waals surface area contributed by atoms with Gasteiger partial charge >= 0.3 is 5.97 Å². The molecule has 4 rings (SSSR count). The lowest BCUT2D eigenvalue weighted by molar-refractivity contribution is 0.0393. The van der Waals surface area contributed by atoms with Crippen molar-refractivity contribution in [2.75, 3.05) is 57.9 Å². The number of benzene rings is 1. The summed E-state index contributed by atoms with van der Waals surface area (Å²) in [5, 5.41) is 1.06. The number of nitrogens with zero attached hydrogens (tertiary/aromatic N) is 4. The van der Waals surface area contributed by atoms with Crippen LogP contribution in [0.15, 0.2) is 36.4 Å². The maximum atomic E-state index is 12.6. The number of aryl methyl sites for hydroxylation is 1. The van der Waals surface area contributed by atoms with Crippen molar-refractivity contribution < 1.29 is 14.3 Å². The molecule has 0 spiro atoms. The molecule has 7 nitrogen and oxygen atoms in total. The molecule has 2 aromatic heterocycles. The highest BCUT2D eigenvalue weighted by molar-refractivity contribution is 7.20. The highest BCUT2D eigenvalue weighted by atomic mass is 35.5. The van der Waals surface area contributed by atoms with Crippen molar-refractivity contribution in [3.05, 3.63) is 57.7 Å². The smallest absolute Gasteiger partial charge is 0.348 e. The second-order valence-electron chi connectivity index (χ2n) is 7.78. The number of ether oxygens (including phenoxy) is 2. The molecule has 0 radical (unpaired) electrons. The minimum Gasteiger partial charge on any atom is -0.459 e. The predicted octanol–water partition coefficient (Wildman–Crippen LogP) is 4.29. The van der Waals surface area contributed by atoms with Crippen LogP contribution in [-0.2, 0) is 9.47 Å². The number of esters is 1. The molecule has 9 heteroatoms. The summed E-state index contributed by atoms with van der Waals surface area (Å²) in [6, 6.07) is 10.3. The van der Waals surface area contributed by atoms with E-state index < -0.39 is 0 Å². The highest BCUT2D eigenvalue weighted by Crippen LogP contribution is 2.37. The van der Waals surface area contributed by atoms with Gasteiger partial charge in [-0.2, -0.15) is 4.98 Å². The quantitative estimate of drug-likeness (QED) is 0.267. The summed E-state index contributed by atoms with van der Waals surface area (Å²) < 4.78 is 10.3. The van der Waals surface area contributed by atoms with Crippen LogP contribution in [0.5, 0.6) is 0 Å². The van der Waals surface area contributed by atoms with E-state index >= 15 is 0 Å². The minimum atomic E-state index is -0.371. The van der Waals surface area contributed by atoms with Gasteiger partial charge in [-0.1, -0.05) is 42.5 Å². The van der Waals surface area contributed by atoms with Gasteiger partial charge in [-0.05, 0) is 29.7 Å². The van der Waals surface area contributed by atoms with Crippen molar-refractivity contribution in [3.8, 4) is 0 Å². The summed E-state index contributed by atoms with van der Waals surface area (Å²) in [5.41, 5.74) is 2.04. The fraction of sp³-hybridized carbons (Fsp3) is 0.375. The molecule has 0 amide bonds. The Labute approximate surface area is 202 Å². The lowest BCUT2D eigenvalue weighted by Crippen LogP contribution is -2.46. The Balaban J connectivity index is 1.46. The van der Waals surface area contributed by atoms with Gasteiger partial charge in [-0.15, -0.1) is 11.3 Å². The Morgan fingerprint density at radius 3 is 2.64 bits per heavy atom. The molecule has 0 N–H and O–H groups in total. The highest BCUT2D eigenvalue weighted by Gasteiger charge is 2.25. The second-order valence-corrected chi connectivity index (χ2v) is 9.12. The van der Waals surface area contributed by atoms with Gasteiger partial charge in [0.2, 0.25) is 5.28 Å². The SMILES string of the molecule is COCCOC(=O)c1sc2nc(Cl)nc(N3CCN(C/C=C/c4ccccc4)CC3)c2c1C. The molecule has 3 aromatic rings. The second kappa shape index (κ2) is 11.1. The van der Waals surface area contributed by atoms with Crippen molar-refractivity contribution in [2.45, 2.75) is 6.92 Å². The third-order valence-corrected chi connectivity index (χ3v) is 6.93. The van der Waals surface area contributed by atoms with E-state index in [0.717, 1.165) is 49.5 Å². The number of piperazine rings is 1. The van der Waals surface area contributed by atoms with E-state index in [9.17, 15) is 4.79 Å². The first-order valence-electron chi connectivity index (χ1n) is 10.9. The molecule has 1 aromatic carbocycles. The predicted molar refractivity (Wildman–Crippen MR) is 133 cm³/mol. The van der Waals surface area contributed by atoms with Crippen molar-refractivity contribution in [1.82, 2.24) is 14.9 Å². The molecule has 0 atom stereocenters. The summed E-state index contributed by atoms with van der Waals surface area (Å²) >= 11 is 7.54. The Morgan fingerprint density at radius 1 is 1.15 bits per heavy atom. The minimum absolute atomic E-state index is 0.186. The van der Waals surface area contributed by atoms with Crippen LogP contribution in [0.25, 0.3) is 16.3 Å². The first kappa shape index (κ1) is 23.6. The fourth-order valence-corrected chi connectivity index (χ4v) is 5.13. The lowest BCUT2D eigenvalue weighted by Gasteiger charge is -2.35. The van der Waals surface area contributed by atoms with E-state index in [1.54, 1.807) is 7.11 Å². The number of methoxy groups -OCH3 is 1. The van der Waals surface area contributed by atoms with Crippen LogP contribution in [0.3, 0.4) is 0 Å². The van der Waals surface area contributed by atoms with Crippen LogP contribution in [0, 0.1) is 6.92 Å². The number of anilines is 1. The molecule has 1 saturated heterocycles. The number of halogens is 1. The number of fused-ring (bicyclic) bond motifs is 1. The van der Waals surface area contributed by atoms with Gasteiger partial charge in [0.1, 0.15) is 22.1 Å². The molecular formula is C24H27ClN4O3S. The lowest BCUT2D eigenvalue weighted by atomic mass is 10.2. The van der Waals surface area contributed by atoms with E-state index in [4.69, 9.17) is 21.1 Å². The van der Waals surface area contributed by atoms with E-state index in [-0.39, 0.29) is 17.9 Å². The maximum Gasteiger partial charge on any atom is 0.348 e. The van der Waals surface area contributed by atoms with Crippen LogP contribution in [0.4, 0.5) is 5.82 Å². The molecule has 0 saturated carbocycles. The molecule has 1 fully saturated rings. The van der Waals surface area contributed by atoms with Crippen molar-refractivity contribution in [1.29, 1.82) is 0 Å². The van der Waals surface area contributed by atoms with E-state index in [2.05, 4.69) is 44.1 Å². The molecule has 0 unspecified atom stereocenters. The molecule has 0 bridgehead atoms. The number of hydrogen-bond donors (Lipinski definition) is 0.